The molecule has 1 unspecified atom stereocenters. The van der Waals surface area contributed by atoms with Crippen LogP contribution in [0.2, 0.25) is 0 Å². The highest BCUT2D eigenvalue weighted by molar-refractivity contribution is 8.00. The zero-order chi connectivity index (χ0) is 18.0. The van der Waals surface area contributed by atoms with E-state index in [1.165, 1.54) is 23.3 Å². The standard InChI is InChI=1S/C19H16N2O2S2/c1-11(2)17(19(22)23)24-15-9-6-13-10-21-25-18(13)16(15)12-4-7-14(20-3)8-5-12/h4-11,17H,1-2H3,(H,22,23). The van der Waals surface area contributed by atoms with E-state index in [1.807, 2.05) is 44.3 Å². The van der Waals surface area contributed by atoms with E-state index in [9.17, 15) is 9.90 Å². The Balaban J connectivity index is 2.15. The molecular weight excluding hydrogens is 352 g/mol. The number of thioether (sulfide) groups is 1. The van der Waals surface area contributed by atoms with Gasteiger partial charge < -0.3 is 5.11 Å². The molecular formula is C19H16N2O2S2. The summed E-state index contributed by atoms with van der Waals surface area (Å²) in [6.07, 6.45) is 1.82. The third kappa shape index (κ3) is 3.53. The summed E-state index contributed by atoms with van der Waals surface area (Å²) in [7, 11) is 0. The molecule has 0 radical (unpaired) electrons. The van der Waals surface area contributed by atoms with Gasteiger partial charge in [-0.15, -0.1) is 11.8 Å². The Morgan fingerprint density at radius 3 is 2.56 bits per heavy atom. The average molecular weight is 368 g/mol. The van der Waals surface area contributed by atoms with Crippen LogP contribution in [0, 0.1) is 12.5 Å². The Kier molecular flexibility index (Phi) is 5.07. The van der Waals surface area contributed by atoms with Crippen LogP contribution in [0.5, 0.6) is 0 Å². The molecule has 126 valence electrons. The number of carboxylic acids is 1. The van der Waals surface area contributed by atoms with Crippen LogP contribution in [-0.2, 0) is 4.79 Å². The summed E-state index contributed by atoms with van der Waals surface area (Å²) >= 11 is 2.78. The lowest BCUT2D eigenvalue weighted by Crippen LogP contribution is -2.22. The summed E-state index contributed by atoms with van der Waals surface area (Å²) in [5.74, 6) is -0.796. The third-order valence-corrected chi connectivity index (χ3v) is 6.30. The average Bonchev–Trinajstić information content (AvgIpc) is 3.07. The molecule has 0 aliphatic rings. The minimum absolute atomic E-state index is 0.0111. The van der Waals surface area contributed by atoms with Crippen LogP contribution in [0.1, 0.15) is 13.8 Å². The van der Waals surface area contributed by atoms with Gasteiger partial charge in [-0.2, -0.15) is 4.37 Å². The van der Waals surface area contributed by atoms with Gasteiger partial charge in [0, 0.05) is 22.0 Å². The van der Waals surface area contributed by atoms with Crippen molar-refractivity contribution >= 4 is 45.0 Å². The maximum absolute atomic E-state index is 11.6. The second-order valence-electron chi connectivity index (χ2n) is 5.96. The molecule has 0 bridgehead atoms. The minimum atomic E-state index is -0.807. The first-order valence-corrected chi connectivity index (χ1v) is 9.41. The number of aromatic nitrogens is 1. The zero-order valence-corrected chi connectivity index (χ0v) is 15.4. The predicted molar refractivity (Wildman–Crippen MR) is 103 cm³/mol. The van der Waals surface area contributed by atoms with Gasteiger partial charge in [0.25, 0.3) is 0 Å². The van der Waals surface area contributed by atoms with Crippen molar-refractivity contribution in [1.29, 1.82) is 0 Å². The summed E-state index contributed by atoms with van der Waals surface area (Å²) in [5, 5.41) is 10.1. The first kappa shape index (κ1) is 17.5. The maximum Gasteiger partial charge on any atom is 0.317 e. The molecule has 0 spiro atoms. The highest BCUT2D eigenvalue weighted by Gasteiger charge is 2.25. The number of hydrogen-bond donors (Lipinski definition) is 1. The van der Waals surface area contributed by atoms with Crippen LogP contribution in [0.15, 0.2) is 47.5 Å². The second-order valence-corrected chi connectivity index (χ2v) is 7.95. The lowest BCUT2D eigenvalue weighted by Gasteiger charge is -2.18. The Bertz CT molecular complexity index is 956. The number of hydrogen-bond acceptors (Lipinski definition) is 4. The van der Waals surface area contributed by atoms with E-state index in [0.717, 1.165) is 26.1 Å². The topological polar surface area (TPSA) is 54.5 Å². The molecule has 3 rings (SSSR count). The smallest absolute Gasteiger partial charge is 0.317 e. The summed E-state index contributed by atoms with van der Waals surface area (Å²) in [6, 6.07) is 11.4. The van der Waals surface area contributed by atoms with Crippen molar-refractivity contribution in [3.05, 3.63) is 54.0 Å². The number of rotatable bonds is 5. The number of benzene rings is 2. The lowest BCUT2D eigenvalue weighted by molar-refractivity contribution is -0.137. The van der Waals surface area contributed by atoms with E-state index < -0.39 is 11.2 Å². The number of carbonyl (C=O) groups is 1. The molecule has 1 heterocycles. The van der Waals surface area contributed by atoms with Gasteiger partial charge in [-0.3, -0.25) is 4.79 Å². The number of carboxylic acid groups (broad SMARTS) is 1. The molecule has 6 heteroatoms. The minimum Gasteiger partial charge on any atom is -0.480 e. The van der Waals surface area contributed by atoms with Gasteiger partial charge in [0.15, 0.2) is 5.69 Å². The van der Waals surface area contributed by atoms with E-state index in [0.29, 0.717) is 5.69 Å². The fourth-order valence-corrected chi connectivity index (χ4v) is 4.61. The van der Waals surface area contributed by atoms with Gasteiger partial charge in [-0.25, -0.2) is 4.85 Å². The molecule has 1 N–H and O–H groups in total. The maximum atomic E-state index is 11.6. The Morgan fingerprint density at radius 1 is 1.24 bits per heavy atom. The van der Waals surface area contributed by atoms with Crippen molar-refractivity contribution in [2.24, 2.45) is 5.92 Å². The van der Waals surface area contributed by atoms with E-state index in [-0.39, 0.29) is 5.92 Å². The van der Waals surface area contributed by atoms with Crippen molar-refractivity contribution in [2.75, 3.05) is 0 Å². The highest BCUT2D eigenvalue weighted by atomic mass is 32.2. The molecule has 3 aromatic rings. The first-order valence-electron chi connectivity index (χ1n) is 7.76. The van der Waals surface area contributed by atoms with Gasteiger partial charge in [0.05, 0.1) is 11.3 Å². The van der Waals surface area contributed by atoms with E-state index in [4.69, 9.17) is 6.57 Å². The summed E-state index contributed by atoms with van der Waals surface area (Å²) in [4.78, 5) is 16.0. The van der Waals surface area contributed by atoms with Gasteiger partial charge in [0.2, 0.25) is 0 Å². The van der Waals surface area contributed by atoms with Crippen molar-refractivity contribution in [1.82, 2.24) is 4.37 Å². The molecule has 0 aliphatic heterocycles. The zero-order valence-electron chi connectivity index (χ0n) is 13.8. The summed E-state index contributed by atoms with van der Waals surface area (Å²) < 4.78 is 5.31. The fraction of sp³-hybridized carbons (Fsp3) is 0.211. The van der Waals surface area contributed by atoms with Gasteiger partial charge >= 0.3 is 5.97 Å². The summed E-state index contributed by atoms with van der Waals surface area (Å²) in [5.41, 5.74) is 2.55. The quantitative estimate of drug-likeness (QED) is 0.462. The van der Waals surface area contributed by atoms with Crippen LogP contribution in [0.4, 0.5) is 5.69 Å². The van der Waals surface area contributed by atoms with Crippen molar-refractivity contribution in [3.63, 3.8) is 0 Å². The second kappa shape index (κ2) is 7.26. The van der Waals surface area contributed by atoms with Crippen molar-refractivity contribution in [3.8, 4) is 11.1 Å². The first-order chi connectivity index (χ1) is 12.0. The van der Waals surface area contributed by atoms with Gasteiger partial charge in [-0.1, -0.05) is 44.2 Å². The molecule has 2 aromatic carbocycles. The monoisotopic (exact) mass is 368 g/mol. The molecule has 0 saturated carbocycles. The largest absolute Gasteiger partial charge is 0.480 e. The molecule has 0 aliphatic carbocycles. The predicted octanol–water partition coefficient (Wildman–Crippen LogP) is 5.72. The van der Waals surface area contributed by atoms with Crippen LogP contribution in [0.3, 0.4) is 0 Å². The number of aliphatic carboxylic acids is 1. The molecule has 0 amide bonds. The molecule has 0 saturated heterocycles. The van der Waals surface area contributed by atoms with Crippen LogP contribution in [-0.4, -0.2) is 20.7 Å². The van der Waals surface area contributed by atoms with E-state index in [2.05, 4.69) is 9.22 Å². The normalized spacial score (nSPS) is 12.2. The number of nitrogens with zero attached hydrogens (tertiary/aromatic N) is 2. The number of fused-ring (bicyclic) bond motifs is 1. The Labute approximate surface area is 154 Å². The molecule has 25 heavy (non-hydrogen) atoms. The SMILES string of the molecule is [C-]#[N+]c1ccc(-c2c(SC(C(=O)O)C(C)C)ccc3cnsc23)cc1. The molecule has 0 fully saturated rings. The molecule has 1 aromatic heterocycles. The third-order valence-electron chi connectivity index (χ3n) is 3.87. The van der Waals surface area contributed by atoms with Crippen molar-refractivity contribution < 1.29 is 9.90 Å². The fourth-order valence-electron chi connectivity index (χ4n) is 2.60. The van der Waals surface area contributed by atoms with Crippen molar-refractivity contribution in [2.45, 2.75) is 24.0 Å². The highest BCUT2D eigenvalue weighted by Crippen LogP contribution is 2.42. The van der Waals surface area contributed by atoms with E-state index >= 15 is 0 Å². The Morgan fingerprint density at radius 2 is 1.96 bits per heavy atom. The van der Waals surface area contributed by atoms with Crippen LogP contribution >= 0.6 is 23.3 Å². The van der Waals surface area contributed by atoms with Gasteiger partial charge in [0.1, 0.15) is 5.25 Å². The Hall–Kier alpha value is -2.36. The molecule has 1 atom stereocenters. The van der Waals surface area contributed by atoms with Gasteiger partial charge in [-0.05, 0) is 29.1 Å². The van der Waals surface area contributed by atoms with Crippen LogP contribution in [0.25, 0.3) is 26.1 Å². The van der Waals surface area contributed by atoms with Crippen LogP contribution < -0.4 is 0 Å². The summed E-state index contributed by atoms with van der Waals surface area (Å²) in [6.45, 7) is 10.9. The van der Waals surface area contributed by atoms with E-state index in [1.54, 1.807) is 12.1 Å². The lowest BCUT2D eigenvalue weighted by atomic mass is 10.0. The molecule has 4 nitrogen and oxygen atoms in total.